The van der Waals surface area contributed by atoms with Gasteiger partial charge in [0.25, 0.3) is 0 Å². The molecular weight excluding hydrogens is 282 g/mol. The molecule has 4 heteroatoms. The third-order valence-corrected chi connectivity index (χ3v) is 4.80. The normalized spacial score (nSPS) is 20.9. The molecule has 0 spiro atoms. The number of anilines is 1. The molecule has 0 bridgehead atoms. The van der Waals surface area contributed by atoms with Crippen LogP contribution in [0.4, 0.5) is 5.82 Å². The highest BCUT2D eigenvalue weighted by molar-refractivity contribution is 6.17. The van der Waals surface area contributed by atoms with Crippen LogP contribution in [0.2, 0.25) is 0 Å². The molecule has 3 nitrogen and oxygen atoms in total. The lowest BCUT2D eigenvalue weighted by atomic mass is 9.91. The van der Waals surface area contributed by atoms with Crippen molar-refractivity contribution in [1.29, 1.82) is 0 Å². The molecule has 1 aromatic heterocycles. The van der Waals surface area contributed by atoms with E-state index >= 15 is 0 Å². The van der Waals surface area contributed by atoms with Gasteiger partial charge < -0.3 is 4.90 Å². The predicted octanol–water partition coefficient (Wildman–Crippen LogP) is 3.40. The number of hydrogen-bond acceptors (Lipinski definition) is 3. The largest absolute Gasteiger partial charge is 0.354 e. The number of alkyl halides is 1. The second-order valence-corrected chi connectivity index (χ2v) is 7.62. The van der Waals surface area contributed by atoms with E-state index in [1.165, 1.54) is 31.5 Å². The molecule has 0 amide bonds. The summed E-state index contributed by atoms with van der Waals surface area (Å²) in [6.45, 7) is 11.1. The van der Waals surface area contributed by atoms with Crippen molar-refractivity contribution in [2.45, 2.75) is 50.9 Å². The number of rotatable bonds is 3. The van der Waals surface area contributed by atoms with Gasteiger partial charge in [0.05, 0.1) is 0 Å². The second kappa shape index (κ2) is 5.77. The Bertz CT molecular complexity index is 497. The van der Waals surface area contributed by atoms with Gasteiger partial charge >= 0.3 is 0 Å². The Balaban J connectivity index is 1.78. The Labute approximate surface area is 133 Å². The van der Waals surface area contributed by atoms with Crippen molar-refractivity contribution in [1.82, 2.24) is 9.88 Å². The van der Waals surface area contributed by atoms with Gasteiger partial charge in [0.1, 0.15) is 5.82 Å². The zero-order valence-electron chi connectivity index (χ0n) is 13.4. The maximum Gasteiger partial charge on any atom is 0.129 e. The van der Waals surface area contributed by atoms with Crippen LogP contribution >= 0.6 is 11.6 Å². The standard InChI is InChI=1S/C17H26ClN3/c1-17(2,3)15-10-13(12-18)11-16(19-15)21-8-6-20(7-9-21)14-4-5-14/h10-11,14H,4-9,12H2,1-3H3. The van der Waals surface area contributed by atoms with Gasteiger partial charge in [-0.3, -0.25) is 4.90 Å². The fourth-order valence-electron chi connectivity index (χ4n) is 2.95. The van der Waals surface area contributed by atoms with Crippen LogP contribution in [0.1, 0.15) is 44.9 Å². The quantitative estimate of drug-likeness (QED) is 0.798. The first kappa shape index (κ1) is 15.1. The monoisotopic (exact) mass is 307 g/mol. The smallest absolute Gasteiger partial charge is 0.129 e. The average molecular weight is 308 g/mol. The van der Waals surface area contributed by atoms with Crippen molar-refractivity contribution in [3.63, 3.8) is 0 Å². The Hall–Kier alpha value is -0.800. The molecule has 2 fully saturated rings. The summed E-state index contributed by atoms with van der Waals surface area (Å²) in [6.07, 6.45) is 2.79. The Morgan fingerprint density at radius 1 is 1.14 bits per heavy atom. The predicted molar refractivity (Wildman–Crippen MR) is 89.3 cm³/mol. The van der Waals surface area contributed by atoms with E-state index in [2.05, 4.69) is 42.7 Å². The molecule has 0 atom stereocenters. The minimum Gasteiger partial charge on any atom is -0.354 e. The molecular formula is C17H26ClN3. The second-order valence-electron chi connectivity index (χ2n) is 7.36. The fraction of sp³-hybridized carbons (Fsp3) is 0.706. The zero-order chi connectivity index (χ0) is 15.0. The van der Waals surface area contributed by atoms with E-state index in [1.54, 1.807) is 0 Å². The Morgan fingerprint density at radius 2 is 1.81 bits per heavy atom. The van der Waals surface area contributed by atoms with E-state index in [4.69, 9.17) is 16.6 Å². The molecule has 1 aliphatic carbocycles. The van der Waals surface area contributed by atoms with Crippen LogP contribution in [-0.4, -0.2) is 42.1 Å². The lowest BCUT2D eigenvalue weighted by molar-refractivity contribution is 0.247. The van der Waals surface area contributed by atoms with E-state index in [9.17, 15) is 0 Å². The van der Waals surface area contributed by atoms with Crippen molar-refractivity contribution in [2.75, 3.05) is 31.1 Å². The number of hydrogen-bond donors (Lipinski definition) is 0. The Morgan fingerprint density at radius 3 is 2.33 bits per heavy atom. The van der Waals surface area contributed by atoms with Crippen LogP contribution in [0.5, 0.6) is 0 Å². The van der Waals surface area contributed by atoms with Crippen molar-refractivity contribution < 1.29 is 0 Å². The summed E-state index contributed by atoms with van der Waals surface area (Å²) in [6, 6.07) is 5.19. The van der Waals surface area contributed by atoms with E-state index in [1.807, 2.05) is 0 Å². The first-order chi connectivity index (χ1) is 9.97. The van der Waals surface area contributed by atoms with Crippen LogP contribution in [0.15, 0.2) is 12.1 Å². The molecule has 0 N–H and O–H groups in total. The highest BCUT2D eigenvalue weighted by Gasteiger charge is 2.31. The van der Waals surface area contributed by atoms with Crippen molar-refractivity contribution in [2.24, 2.45) is 0 Å². The number of pyridine rings is 1. The highest BCUT2D eigenvalue weighted by Crippen LogP contribution is 2.29. The van der Waals surface area contributed by atoms with Crippen molar-refractivity contribution >= 4 is 17.4 Å². The molecule has 2 aliphatic rings. The molecule has 0 radical (unpaired) electrons. The molecule has 3 rings (SSSR count). The van der Waals surface area contributed by atoms with E-state index < -0.39 is 0 Å². The number of halogens is 1. The summed E-state index contributed by atoms with van der Waals surface area (Å²) < 4.78 is 0. The number of nitrogens with zero attached hydrogens (tertiary/aromatic N) is 3. The molecule has 116 valence electrons. The maximum atomic E-state index is 6.08. The van der Waals surface area contributed by atoms with Crippen LogP contribution in [-0.2, 0) is 11.3 Å². The number of piperazine rings is 1. The number of aromatic nitrogens is 1. The summed E-state index contributed by atoms with van der Waals surface area (Å²) in [4.78, 5) is 9.96. The van der Waals surface area contributed by atoms with Gasteiger partial charge in [-0.1, -0.05) is 20.8 Å². The fourth-order valence-corrected chi connectivity index (χ4v) is 3.10. The molecule has 1 aromatic rings. The van der Waals surface area contributed by atoms with Crippen LogP contribution in [0.3, 0.4) is 0 Å². The summed E-state index contributed by atoms with van der Waals surface area (Å²) in [7, 11) is 0. The van der Waals surface area contributed by atoms with E-state index in [0.29, 0.717) is 5.88 Å². The minimum absolute atomic E-state index is 0.0622. The SMILES string of the molecule is CC(C)(C)c1cc(CCl)cc(N2CCN(C3CC3)CC2)n1. The van der Waals surface area contributed by atoms with Crippen molar-refractivity contribution in [3.05, 3.63) is 23.4 Å². The molecule has 21 heavy (non-hydrogen) atoms. The summed E-state index contributed by atoms with van der Waals surface area (Å²) in [5.41, 5.74) is 2.38. The summed E-state index contributed by atoms with van der Waals surface area (Å²) in [5.74, 6) is 1.66. The third kappa shape index (κ3) is 3.51. The van der Waals surface area contributed by atoms with Crippen LogP contribution in [0.25, 0.3) is 0 Å². The highest BCUT2D eigenvalue weighted by atomic mass is 35.5. The molecule has 0 unspecified atom stereocenters. The summed E-state index contributed by atoms with van der Waals surface area (Å²) >= 11 is 6.08. The van der Waals surface area contributed by atoms with Gasteiger partial charge in [0, 0.05) is 49.2 Å². The lowest BCUT2D eigenvalue weighted by Gasteiger charge is -2.36. The summed E-state index contributed by atoms with van der Waals surface area (Å²) in [5, 5.41) is 0. The van der Waals surface area contributed by atoms with Crippen molar-refractivity contribution in [3.8, 4) is 0 Å². The molecule has 2 heterocycles. The van der Waals surface area contributed by atoms with Gasteiger partial charge in [-0.05, 0) is 30.5 Å². The van der Waals surface area contributed by atoms with E-state index in [0.717, 1.165) is 30.6 Å². The van der Waals surface area contributed by atoms with Gasteiger partial charge in [0.15, 0.2) is 0 Å². The molecule has 1 saturated carbocycles. The van der Waals surface area contributed by atoms with Crippen LogP contribution in [0, 0.1) is 0 Å². The first-order valence-corrected chi connectivity index (χ1v) is 8.57. The van der Waals surface area contributed by atoms with Gasteiger partial charge in [0.2, 0.25) is 0 Å². The average Bonchev–Trinajstić information content (AvgIpc) is 3.30. The van der Waals surface area contributed by atoms with E-state index in [-0.39, 0.29) is 5.41 Å². The van der Waals surface area contributed by atoms with Crippen LogP contribution < -0.4 is 4.90 Å². The molecule has 0 aromatic carbocycles. The maximum absolute atomic E-state index is 6.08. The minimum atomic E-state index is 0.0622. The van der Waals surface area contributed by atoms with Gasteiger partial charge in [-0.2, -0.15) is 0 Å². The molecule has 1 aliphatic heterocycles. The molecule has 1 saturated heterocycles. The first-order valence-electron chi connectivity index (χ1n) is 8.04. The Kier molecular flexibility index (Phi) is 4.15. The third-order valence-electron chi connectivity index (χ3n) is 4.50. The lowest BCUT2D eigenvalue weighted by Crippen LogP contribution is -2.47. The van der Waals surface area contributed by atoms with Gasteiger partial charge in [-0.15, -0.1) is 11.6 Å². The van der Waals surface area contributed by atoms with Gasteiger partial charge in [-0.25, -0.2) is 4.98 Å². The zero-order valence-corrected chi connectivity index (χ0v) is 14.2. The topological polar surface area (TPSA) is 19.4 Å².